The van der Waals surface area contributed by atoms with E-state index in [1.165, 1.54) is 31.2 Å². The Morgan fingerprint density at radius 1 is 1.24 bits per heavy atom. The van der Waals surface area contributed by atoms with Gasteiger partial charge in [-0.25, -0.2) is 4.98 Å². The minimum atomic E-state index is -0.360. The second-order valence-electron chi connectivity index (χ2n) is 5.56. The van der Waals surface area contributed by atoms with E-state index >= 15 is 0 Å². The zero-order valence-corrected chi connectivity index (χ0v) is 13.9. The van der Waals surface area contributed by atoms with Crippen molar-refractivity contribution in [1.29, 1.82) is 0 Å². The van der Waals surface area contributed by atoms with E-state index < -0.39 is 0 Å². The Bertz CT molecular complexity index is 811. The van der Waals surface area contributed by atoms with Crippen molar-refractivity contribution in [2.75, 3.05) is 14.2 Å². The van der Waals surface area contributed by atoms with Gasteiger partial charge in [-0.15, -0.1) is 4.98 Å². The first kappa shape index (κ1) is 16.8. The number of ether oxygens (including phenoxy) is 2. The summed E-state index contributed by atoms with van der Waals surface area (Å²) in [6, 6.07) is 1.67. The van der Waals surface area contributed by atoms with Crippen LogP contribution in [0.15, 0.2) is 17.2 Å². The van der Waals surface area contributed by atoms with Crippen molar-refractivity contribution in [1.82, 2.24) is 29.8 Å². The van der Waals surface area contributed by atoms with Crippen molar-refractivity contribution in [3.8, 4) is 12.0 Å². The summed E-state index contributed by atoms with van der Waals surface area (Å²) in [7, 11) is 2.84. The van der Waals surface area contributed by atoms with E-state index in [0.29, 0.717) is 5.92 Å². The zero-order chi connectivity index (χ0) is 17.8. The maximum Gasteiger partial charge on any atom is 0.322 e. The molecule has 0 bridgehead atoms. The van der Waals surface area contributed by atoms with Crippen LogP contribution >= 0.6 is 0 Å². The molecule has 3 rings (SSSR count). The second kappa shape index (κ2) is 7.24. The third-order valence-corrected chi connectivity index (χ3v) is 3.66. The predicted octanol–water partition coefficient (Wildman–Crippen LogP) is -0.361. The second-order valence-corrected chi connectivity index (χ2v) is 5.56. The molecule has 0 radical (unpaired) electrons. The average molecular weight is 346 g/mol. The standard InChI is InChI=1S/C15H18N6O4/c1-24-14-18-11(19-15(20-14)25-2)6-16-12(22)7-21-8-17-10(5-13(21)23)9-3-4-9/h5,8-9H,3-4,6-7H2,1-2H3,(H,16,22). The zero-order valence-electron chi connectivity index (χ0n) is 13.9. The van der Waals surface area contributed by atoms with Gasteiger partial charge >= 0.3 is 12.0 Å². The minimum absolute atomic E-state index is 0.0520. The van der Waals surface area contributed by atoms with Crippen LogP contribution in [0.2, 0.25) is 0 Å². The smallest absolute Gasteiger partial charge is 0.322 e. The quantitative estimate of drug-likeness (QED) is 0.721. The van der Waals surface area contributed by atoms with Gasteiger partial charge in [0.05, 0.1) is 32.8 Å². The highest BCUT2D eigenvalue weighted by atomic mass is 16.5. The molecule has 2 aromatic heterocycles. The SMILES string of the molecule is COc1nc(CNC(=O)Cn2cnc(C3CC3)cc2=O)nc(OC)n1. The van der Waals surface area contributed by atoms with Gasteiger partial charge in [0.1, 0.15) is 6.54 Å². The fraction of sp³-hybridized carbons (Fsp3) is 0.467. The Hall–Kier alpha value is -3.04. The molecule has 0 aliphatic heterocycles. The molecular weight excluding hydrogens is 328 g/mol. The monoisotopic (exact) mass is 346 g/mol. The molecule has 0 saturated heterocycles. The van der Waals surface area contributed by atoms with Gasteiger partial charge in [0.25, 0.3) is 5.56 Å². The minimum Gasteiger partial charge on any atom is -0.467 e. The highest BCUT2D eigenvalue weighted by Gasteiger charge is 2.25. The van der Waals surface area contributed by atoms with E-state index in [9.17, 15) is 9.59 Å². The third kappa shape index (κ3) is 4.28. The van der Waals surface area contributed by atoms with Crippen LogP contribution in [0.5, 0.6) is 12.0 Å². The summed E-state index contributed by atoms with van der Waals surface area (Å²) in [6.45, 7) is -0.0768. The Morgan fingerprint density at radius 3 is 2.48 bits per heavy atom. The predicted molar refractivity (Wildman–Crippen MR) is 85.2 cm³/mol. The topological polar surface area (TPSA) is 121 Å². The van der Waals surface area contributed by atoms with Crippen LogP contribution in [0.25, 0.3) is 0 Å². The Balaban J connectivity index is 1.60. The average Bonchev–Trinajstić information content (AvgIpc) is 3.46. The van der Waals surface area contributed by atoms with Gasteiger partial charge in [-0.05, 0) is 12.8 Å². The lowest BCUT2D eigenvalue weighted by molar-refractivity contribution is -0.121. The number of carbonyl (C=O) groups is 1. The van der Waals surface area contributed by atoms with Gasteiger partial charge in [-0.3, -0.25) is 14.2 Å². The normalized spacial score (nSPS) is 13.4. The van der Waals surface area contributed by atoms with Crippen molar-refractivity contribution in [3.63, 3.8) is 0 Å². The van der Waals surface area contributed by atoms with E-state index in [1.807, 2.05) is 0 Å². The molecule has 1 fully saturated rings. The van der Waals surface area contributed by atoms with Crippen LogP contribution in [0.4, 0.5) is 0 Å². The van der Waals surface area contributed by atoms with Crippen LogP contribution in [0, 0.1) is 0 Å². The van der Waals surface area contributed by atoms with Crippen molar-refractivity contribution < 1.29 is 14.3 Å². The molecule has 1 amide bonds. The van der Waals surface area contributed by atoms with Crippen LogP contribution in [0.1, 0.15) is 30.3 Å². The molecule has 25 heavy (non-hydrogen) atoms. The Morgan fingerprint density at radius 2 is 1.92 bits per heavy atom. The molecule has 1 saturated carbocycles. The summed E-state index contributed by atoms with van der Waals surface area (Å²) < 4.78 is 11.1. The van der Waals surface area contributed by atoms with Gasteiger partial charge in [0.15, 0.2) is 5.82 Å². The van der Waals surface area contributed by atoms with E-state index in [2.05, 4.69) is 25.3 Å². The molecule has 2 heterocycles. The van der Waals surface area contributed by atoms with Crippen LogP contribution in [-0.4, -0.2) is 44.6 Å². The summed E-state index contributed by atoms with van der Waals surface area (Å²) in [6.07, 6.45) is 3.54. The first-order valence-corrected chi connectivity index (χ1v) is 7.75. The number of carbonyl (C=O) groups excluding carboxylic acids is 1. The Kier molecular flexibility index (Phi) is 4.87. The number of methoxy groups -OCH3 is 2. The van der Waals surface area contributed by atoms with Gasteiger partial charge in [0.2, 0.25) is 5.91 Å². The Labute approximate surface area is 143 Å². The highest BCUT2D eigenvalue weighted by Crippen LogP contribution is 2.38. The summed E-state index contributed by atoms with van der Waals surface area (Å²) >= 11 is 0. The van der Waals surface area contributed by atoms with Crippen molar-refractivity contribution in [2.24, 2.45) is 0 Å². The van der Waals surface area contributed by atoms with Crippen molar-refractivity contribution in [3.05, 3.63) is 34.3 Å². The van der Waals surface area contributed by atoms with Gasteiger partial charge < -0.3 is 14.8 Å². The number of nitrogens with zero attached hydrogens (tertiary/aromatic N) is 5. The molecule has 1 aliphatic rings. The lowest BCUT2D eigenvalue weighted by atomic mass is 10.3. The fourth-order valence-corrected chi connectivity index (χ4v) is 2.19. The number of nitrogens with one attached hydrogen (secondary N) is 1. The lowest BCUT2D eigenvalue weighted by Gasteiger charge is -2.08. The molecule has 0 unspecified atom stereocenters. The molecule has 10 heteroatoms. The number of amides is 1. The maximum absolute atomic E-state index is 12.0. The molecule has 0 spiro atoms. The first-order chi connectivity index (χ1) is 12.1. The van der Waals surface area contributed by atoms with Crippen molar-refractivity contribution in [2.45, 2.75) is 31.8 Å². The summed E-state index contributed by atoms with van der Waals surface area (Å²) in [5, 5.41) is 2.64. The van der Waals surface area contributed by atoms with Gasteiger partial charge in [-0.2, -0.15) is 9.97 Å². The molecule has 2 aromatic rings. The number of hydrogen-bond acceptors (Lipinski definition) is 8. The fourth-order valence-electron chi connectivity index (χ4n) is 2.19. The summed E-state index contributed by atoms with van der Waals surface area (Å²) in [5.74, 6) is 0.318. The summed E-state index contributed by atoms with van der Waals surface area (Å²) in [4.78, 5) is 40.2. The largest absolute Gasteiger partial charge is 0.467 e. The van der Waals surface area contributed by atoms with Gasteiger partial charge in [0, 0.05) is 12.0 Å². The molecular formula is C15H18N6O4. The molecule has 132 valence electrons. The number of hydrogen-bond donors (Lipinski definition) is 1. The van der Waals surface area contributed by atoms with E-state index in [4.69, 9.17) is 9.47 Å². The third-order valence-electron chi connectivity index (χ3n) is 3.66. The maximum atomic E-state index is 12.0. The van der Waals surface area contributed by atoms with Crippen molar-refractivity contribution >= 4 is 5.91 Å². The highest BCUT2D eigenvalue weighted by molar-refractivity contribution is 5.75. The van der Waals surface area contributed by atoms with E-state index in [1.54, 1.807) is 0 Å². The molecule has 0 atom stereocenters. The first-order valence-electron chi connectivity index (χ1n) is 7.75. The lowest BCUT2D eigenvalue weighted by Crippen LogP contribution is -2.32. The molecule has 1 aliphatic carbocycles. The van der Waals surface area contributed by atoms with Gasteiger partial charge in [-0.1, -0.05) is 0 Å². The number of aromatic nitrogens is 5. The van der Waals surface area contributed by atoms with Crippen LogP contribution in [0.3, 0.4) is 0 Å². The van der Waals surface area contributed by atoms with E-state index in [0.717, 1.165) is 18.5 Å². The molecule has 10 nitrogen and oxygen atoms in total. The molecule has 0 aromatic carbocycles. The molecule has 1 N–H and O–H groups in total. The number of rotatable bonds is 7. The van der Waals surface area contributed by atoms with Crippen LogP contribution < -0.4 is 20.3 Å². The summed E-state index contributed by atoms with van der Waals surface area (Å²) in [5.41, 5.74) is 0.557. The van der Waals surface area contributed by atoms with Crippen LogP contribution in [-0.2, 0) is 17.9 Å². The van der Waals surface area contributed by atoms with E-state index in [-0.39, 0.29) is 42.4 Å².